The topological polar surface area (TPSA) is 142 Å². The van der Waals surface area contributed by atoms with Gasteiger partial charge in [0.2, 0.25) is 0 Å². The first kappa shape index (κ1) is 36.1. The van der Waals surface area contributed by atoms with E-state index in [1.54, 1.807) is 6.92 Å². The molecule has 2 aromatic rings. The molecule has 0 bridgehead atoms. The SMILES string of the molecule is CCNS(=O)(=O)N[C@@H]1CC[C@@H](CN2CCC3(CC2)CN(c2ncnnc2Oc2ccc(F)cc2C(=O)N(CC(F)(F)F)C(C)C)C3)OC1. The van der Waals surface area contributed by atoms with Gasteiger partial charge in [0.05, 0.1) is 18.3 Å². The summed E-state index contributed by atoms with van der Waals surface area (Å²) < 4.78 is 94.9. The zero-order valence-corrected chi connectivity index (χ0v) is 28.0. The number of aromatic nitrogens is 3. The van der Waals surface area contributed by atoms with Gasteiger partial charge in [0.25, 0.3) is 22.0 Å². The number of anilines is 1. The van der Waals surface area contributed by atoms with Crippen molar-refractivity contribution < 1.29 is 40.2 Å². The van der Waals surface area contributed by atoms with Crippen molar-refractivity contribution in [3.8, 4) is 11.6 Å². The average molecular weight is 703 g/mol. The van der Waals surface area contributed by atoms with Crippen LogP contribution >= 0.6 is 0 Å². The van der Waals surface area contributed by atoms with Crippen LogP contribution in [0.4, 0.5) is 23.4 Å². The number of hydrogen-bond donors (Lipinski definition) is 2. The van der Waals surface area contributed by atoms with Crippen LogP contribution in [0.3, 0.4) is 0 Å². The second-order valence-corrected chi connectivity index (χ2v) is 14.5. The first-order chi connectivity index (χ1) is 22.7. The number of carbonyl (C=O) groups is 1. The van der Waals surface area contributed by atoms with Gasteiger partial charge in [-0.05, 0) is 70.8 Å². The van der Waals surface area contributed by atoms with Crippen molar-refractivity contribution in [1.82, 2.24) is 34.4 Å². The van der Waals surface area contributed by atoms with Gasteiger partial charge in [-0.2, -0.15) is 26.3 Å². The molecule has 1 aromatic heterocycles. The van der Waals surface area contributed by atoms with Crippen molar-refractivity contribution in [2.75, 3.05) is 57.3 Å². The maximum Gasteiger partial charge on any atom is 0.406 e. The van der Waals surface area contributed by atoms with Crippen molar-refractivity contribution in [3.63, 3.8) is 0 Å². The van der Waals surface area contributed by atoms with Crippen molar-refractivity contribution in [1.29, 1.82) is 0 Å². The van der Waals surface area contributed by atoms with Crippen LogP contribution < -0.4 is 19.1 Å². The van der Waals surface area contributed by atoms with Gasteiger partial charge in [0.1, 0.15) is 24.4 Å². The van der Waals surface area contributed by atoms with Gasteiger partial charge < -0.3 is 24.2 Å². The number of likely N-dealkylation sites (tertiary alicyclic amines) is 1. The molecule has 3 saturated heterocycles. The summed E-state index contributed by atoms with van der Waals surface area (Å²) in [5, 5.41) is 7.84. The van der Waals surface area contributed by atoms with Gasteiger partial charge in [-0.1, -0.05) is 6.92 Å². The lowest BCUT2D eigenvalue weighted by molar-refractivity contribution is -0.143. The Balaban J connectivity index is 1.16. The van der Waals surface area contributed by atoms with E-state index in [-0.39, 0.29) is 34.8 Å². The molecule has 2 atom stereocenters. The molecule has 0 saturated carbocycles. The largest absolute Gasteiger partial charge is 0.434 e. The van der Waals surface area contributed by atoms with E-state index in [0.29, 0.717) is 43.4 Å². The van der Waals surface area contributed by atoms with Crippen LogP contribution in [0.25, 0.3) is 0 Å². The summed E-state index contributed by atoms with van der Waals surface area (Å²) in [5.74, 6) is -1.67. The highest BCUT2D eigenvalue weighted by Crippen LogP contribution is 2.44. The zero-order chi connectivity index (χ0) is 34.7. The van der Waals surface area contributed by atoms with Crippen LogP contribution in [0.2, 0.25) is 0 Å². The van der Waals surface area contributed by atoms with E-state index in [1.165, 1.54) is 26.2 Å². The Morgan fingerprint density at radius 1 is 1.21 bits per heavy atom. The summed E-state index contributed by atoms with van der Waals surface area (Å²) in [7, 11) is -3.52. The molecule has 1 amide bonds. The molecule has 18 heteroatoms. The first-order valence-corrected chi connectivity index (χ1v) is 17.5. The third kappa shape index (κ3) is 9.07. The minimum absolute atomic E-state index is 0.0351. The number of halogens is 4. The van der Waals surface area contributed by atoms with Gasteiger partial charge in [-0.3, -0.25) is 4.79 Å². The molecule has 2 N–H and O–H groups in total. The lowest BCUT2D eigenvalue weighted by Gasteiger charge is -2.54. The number of amides is 1. The summed E-state index contributed by atoms with van der Waals surface area (Å²) in [4.78, 5) is 22.5. The second kappa shape index (κ2) is 14.7. The number of alkyl halides is 3. The smallest absolute Gasteiger partial charge is 0.406 e. The summed E-state index contributed by atoms with van der Waals surface area (Å²) in [6.45, 7) is 7.63. The number of carbonyl (C=O) groups excluding carboxylic acids is 1. The molecule has 266 valence electrons. The number of piperidine rings is 1. The van der Waals surface area contributed by atoms with Crippen LogP contribution in [-0.2, 0) is 14.9 Å². The zero-order valence-electron chi connectivity index (χ0n) is 27.2. The molecule has 13 nitrogen and oxygen atoms in total. The van der Waals surface area contributed by atoms with Crippen molar-refractivity contribution >= 4 is 21.9 Å². The van der Waals surface area contributed by atoms with Gasteiger partial charge in [-0.15, -0.1) is 10.2 Å². The van der Waals surface area contributed by atoms with E-state index in [9.17, 15) is 30.8 Å². The lowest BCUT2D eigenvalue weighted by Crippen LogP contribution is -2.61. The fourth-order valence-corrected chi connectivity index (χ4v) is 7.55. The Hall–Kier alpha value is -3.19. The van der Waals surface area contributed by atoms with Crippen LogP contribution in [-0.4, -0.2) is 116 Å². The normalized spacial score (nSPS) is 21.7. The number of nitrogens with zero attached hydrogens (tertiary/aromatic N) is 6. The quantitative estimate of drug-likeness (QED) is 0.317. The molecule has 0 aliphatic carbocycles. The molecule has 3 aliphatic heterocycles. The summed E-state index contributed by atoms with van der Waals surface area (Å²) >= 11 is 0. The molecule has 3 aliphatic rings. The molecule has 0 radical (unpaired) electrons. The van der Waals surface area contributed by atoms with E-state index in [0.717, 1.165) is 51.0 Å². The fraction of sp³-hybridized carbons (Fsp3) is 0.667. The van der Waals surface area contributed by atoms with E-state index >= 15 is 0 Å². The van der Waals surface area contributed by atoms with Crippen molar-refractivity contribution in [2.24, 2.45) is 5.41 Å². The standard InChI is InChI=1S/C30H42F4N8O5S/c1-4-37-48(44,45)39-22-6-7-23(46-15-22)14-40-11-9-29(10-12-40)16-41(17-29)26-27(38-36-19-35-26)47-25-8-5-21(31)13-24(25)28(43)42(20(2)3)18-30(32,33)34/h5,8,13,19-20,22-23,37,39H,4,6-7,9-12,14-18H2,1-3H3/t22-,23+/m1/s1. The number of nitrogens with one attached hydrogen (secondary N) is 2. The summed E-state index contributed by atoms with van der Waals surface area (Å²) in [6, 6.07) is 2.02. The van der Waals surface area contributed by atoms with Crippen LogP contribution in [0.5, 0.6) is 11.6 Å². The Bertz CT molecular complexity index is 1530. The Labute approximate surface area is 277 Å². The molecule has 0 unspecified atom stereocenters. The van der Waals surface area contributed by atoms with Crippen LogP contribution in [0, 0.1) is 11.2 Å². The van der Waals surface area contributed by atoms with Crippen molar-refractivity contribution in [2.45, 2.75) is 70.8 Å². The monoisotopic (exact) mass is 702 g/mol. The molecule has 1 aromatic carbocycles. The van der Waals surface area contributed by atoms with Gasteiger partial charge in [-0.25, -0.2) is 14.1 Å². The van der Waals surface area contributed by atoms with Crippen LogP contribution in [0.1, 0.15) is 56.8 Å². The minimum Gasteiger partial charge on any atom is -0.434 e. The molecule has 1 spiro atoms. The minimum atomic E-state index is -4.65. The number of ether oxygens (including phenoxy) is 2. The third-order valence-electron chi connectivity index (χ3n) is 8.94. The number of benzene rings is 1. The third-order valence-corrected chi connectivity index (χ3v) is 10.3. The highest BCUT2D eigenvalue weighted by Gasteiger charge is 2.47. The Morgan fingerprint density at radius 2 is 1.94 bits per heavy atom. The second-order valence-electron chi connectivity index (χ2n) is 13.0. The van der Waals surface area contributed by atoms with Gasteiger partial charge in [0.15, 0.2) is 5.82 Å². The van der Waals surface area contributed by atoms with E-state index < -0.39 is 40.7 Å². The highest BCUT2D eigenvalue weighted by atomic mass is 32.2. The molecule has 3 fully saturated rings. The predicted octanol–water partition coefficient (Wildman–Crippen LogP) is 3.11. The predicted molar refractivity (Wildman–Crippen MR) is 167 cm³/mol. The molecular formula is C30H42F4N8O5S. The summed E-state index contributed by atoms with van der Waals surface area (Å²) in [5.41, 5.74) is -0.321. The van der Waals surface area contributed by atoms with Crippen LogP contribution in [0.15, 0.2) is 24.5 Å². The molecule has 4 heterocycles. The maximum absolute atomic E-state index is 14.2. The Kier molecular flexibility index (Phi) is 11.1. The molecular weight excluding hydrogens is 660 g/mol. The fourth-order valence-electron chi connectivity index (χ4n) is 6.46. The first-order valence-electron chi connectivity index (χ1n) is 16.0. The average Bonchev–Trinajstić information content (AvgIpc) is 3.00. The van der Waals surface area contributed by atoms with E-state index in [2.05, 4.69) is 29.5 Å². The molecule has 5 rings (SSSR count). The highest BCUT2D eigenvalue weighted by molar-refractivity contribution is 7.87. The number of rotatable bonds is 12. The summed E-state index contributed by atoms with van der Waals surface area (Å²) in [6.07, 6.45) is -0.00466. The van der Waals surface area contributed by atoms with Crippen molar-refractivity contribution in [3.05, 3.63) is 35.9 Å². The van der Waals surface area contributed by atoms with Gasteiger partial charge >= 0.3 is 6.18 Å². The molecule has 48 heavy (non-hydrogen) atoms. The maximum atomic E-state index is 14.2. The van der Waals surface area contributed by atoms with E-state index in [1.807, 2.05) is 4.90 Å². The Morgan fingerprint density at radius 3 is 2.56 bits per heavy atom. The lowest BCUT2D eigenvalue weighted by atomic mass is 9.72. The van der Waals surface area contributed by atoms with E-state index in [4.69, 9.17) is 9.47 Å². The number of hydrogen-bond acceptors (Lipinski definition) is 10. The van der Waals surface area contributed by atoms with Gasteiger partial charge in [0, 0.05) is 43.7 Å².